The minimum atomic E-state index is 0.0590. The molecule has 0 bridgehead atoms. The number of aromatic nitrogens is 2. The van der Waals surface area contributed by atoms with Crippen LogP contribution in [-0.4, -0.2) is 9.78 Å². The van der Waals surface area contributed by atoms with Crippen LogP contribution in [0, 0.1) is 0 Å². The van der Waals surface area contributed by atoms with E-state index in [0.29, 0.717) is 5.92 Å². The van der Waals surface area contributed by atoms with Crippen LogP contribution >= 0.6 is 0 Å². The van der Waals surface area contributed by atoms with Gasteiger partial charge in [-0.2, -0.15) is 0 Å². The molecule has 0 fully saturated rings. The zero-order valence-corrected chi connectivity index (χ0v) is 8.14. The largest absolute Gasteiger partial charge is 0.292 e. The highest BCUT2D eigenvalue weighted by molar-refractivity contribution is 5.20. The molecule has 1 heterocycles. The molecule has 1 aromatic rings. The van der Waals surface area contributed by atoms with Crippen molar-refractivity contribution in [2.75, 3.05) is 0 Å². The fraction of sp³-hybridized carbons (Fsp3) is 0.667. The predicted octanol–water partition coefficient (Wildman–Crippen LogP) is 1.40. The monoisotopic (exact) mass is 168 g/mol. The summed E-state index contributed by atoms with van der Waals surface area (Å²) in [7, 11) is 1.88. The van der Waals surface area contributed by atoms with Crippen LogP contribution in [0.3, 0.4) is 0 Å². The van der Waals surface area contributed by atoms with Crippen LogP contribution in [0.15, 0.2) is 4.79 Å². The first-order valence-corrected chi connectivity index (χ1v) is 4.35. The molecule has 0 aliphatic heterocycles. The molecule has 3 heteroatoms. The zero-order valence-electron chi connectivity index (χ0n) is 8.14. The highest BCUT2D eigenvalue weighted by Gasteiger charge is 2.13. The standard InChI is InChI=1S/C9H16N2O/c1-5-7-8(6(2)3)11(4)10-9(7)12/h6H,5H2,1-4H3,(H,10,12). The van der Waals surface area contributed by atoms with Crippen molar-refractivity contribution in [3.05, 3.63) is 21.6 Å². The van der Waals surface area contributed by atoms with E-state index in [4.69, 9.17) is 0 Å². The second kappa shape index (κ2) is 3.17. The highest BCUT2D eigenvalue weighted by atomic mass is 16.1. The van der Waals surface area contributed by atoms with E-state index >= 15 is 0 Å². The Morgan fingerprint density at radius 1 is 1.50 bits per heavy atom. The molecule has 0 saturated heterocycles. The van der Waals surface area contributed by atoms with Gasteiger partial charge in [0.05, 0.1) is 0 Å². The van der Waals surface area contributed by atoms with Gasteiger partial charge in [-0.25, -0.2) is 0 Å². The van der Waals surface area contributed by atoms with E-state index in [1.54, 1.807) is 0 Å². The van der Waals surface area contributed by atoms with Crippen LogP contribution in [0.2, 0.25) is 0 Å². The normalized spacial score (nSPS) is 11.1. The lowest BCUT2D eigenvalue weighted by molar-refractivity contribution is 0.661. The quantitative estimate of drug-likeness (QED) is 0.712. The number of nitrogens with one attached hydrogen (secondary N) is 1. The molecule has 0 radical (unpaired) electrons. The molecule has 0 saturated carbocycles. The van der Waals surface area contributed by atoms with Crippen molar-refractivity contribution in [3.63, 3.8) is 0 Å². The van der Waals surface area contributed by atoms with Crippen molar-refractivity contribution in [2.24, 2.45) is 7.05 Å². The Morgan fingerprint density at radius 3 is 2.42 bits per heavy atom. The molecule has 0 aliphatic rings. The molecule has 0 unspecified atom stereocenters. The SMILES string of the molecule is CCc1c(C(C)C)n(C)[nH]c1=O. The molecular formula is C9H16N2O. The number of hydrogen-bond donors (Lipinski definition) is 1. The minimum absolute atomic E-state index is 0.0590. The third-order valence-corrected chi connectivity index (χ3v) is 2.11. The first-order valence-electron chi connectivity index (χ1n) is 4.35. The summed E-state index contributed by atoms with van der Waals surface area (Å²) < 4.78 is 1.83. The van der Waals surface area contributed by atoms with Gasteiger partial charge in [0.1, 0.15) is 0 Å². The number of hydrogen-bond acceptors (Lipinski definition) is 1. The first-order chi connectivity index (χ1) is 5.57. The van der Waals surface area contributed by atoms with E-state index in [1.165, 1.54) is 0 Å². The summed E-state index contributed by atoms with van der Waals surface area (Å²) in [6.07, 6.45) is 0.809. The molecule has 3 nitrogen and oxygen atoms in total. The van der Waals surface area contributed by atoms with Gasteiger partial charge < -0.3 is 0 Å². The Balaban J connectivity index is 3.33. The molecule has 0 aromatic carbocycles. The number of aryl methyl sites for hydroxylation is 1. The average Bonchev–Trinajstić information content (AvgIpc) is 2.24. The molecule has 0 amide bonds. The van der Waals surface area contributed by atoms with Crippen molar-refractivity contribution in [2.45, 2.75) is 33.1 Å². The number of aromatic amines is 1. The average molecular weight is 168 g/mol. The highest BCUT2D eigenvalue weighted by Crippen LogP contribution is 2.15. The summed E-state index contributed by atoms with van der Waals surface area (Å²) in [6.45, 7) is 6.21. The van der Waals surface area contributed by atoms with Crippen molar-refractivity contribution >= 4 is 0 Å². The van der Waals surface area contributed by atoms with Gasteiger partial charge in [-0.05, 0) is 12.3 Å². The summed E-state index contributed by atoms with van der Waals surface area (Å²) in [5.41, 5.74) is 2.11. The second-order valence-corrected chi connectivity index (χ2v) is 3.37. The third-order valence-electron chi connectivity index (χ3n) is 2.11. The van der Waals surface area contributed by atoms with Gasteiger partial charge >= 0.3 is 0 Å². The summed E-state index contributed by atoms with van der Waals surface area (Å²) in [6, 6.07) is 0. The van der Waals surface area contributed by atoms with Crippen molar-refractivity contribution in [3.8, 4) is 0 Å². The van der Waals surface area contributed by atoms with Crippen molar-refractivity contribution < 1.29 is 0 Å². The Bertz CT molecular complexity index is 320. The number of rotatable bonds is 2. The van der Waals surface area contributed by atoms with Gasteiger partial charge in [0.25, 0.3) is 5.56 Å². The van der Waals surface area contributed by atoms with Crippen LogP contribution in [0.4, 0.5) is 0 Å². The fourth-order valence-electron chi connectivity index (χ4n) is 1.68. The lowest BCUT2D eigenvalue weighted by Gasteiger charge is -2.07. The van der Waals surface area contributed by atoms with Crippen LogP contribution in [-0.2, 0) is 13.5 Å². The van der Waals surface area contributed by atoms with Gasteiger partial charge in [0, 0.05) is 18.3 Å². The van der Waals surface area contributed by atoms with E-state index in [2.05, 4.69) is 18.9 Å². The molecule has 1 rings (SSSR count). The van der Waals surface area contributed by atoms with Gasteiger partial charge in [-0.3, -0.25) is 14.6 Å². The minimum Gasteiger partial charge on any atom is -0.292 e. The molecule has 0 aliphatic carbocycles. The third kappa shape index (κ3) is 1.31. The second-order valence-electron chi connectivity index (χ2n) is 3.37. The lowest BCUT2D eigenvalue weighted by Crippen LogP contribution is -2.05. The molecule has 1 N–H and O–H groups in total. The van der Waals surface area contributed by atoms with Gasteiger partial charge in [-0.1, -0.05) is 20.8 Å². The fourth-order valence-corrected chi connectivity index (χ4v) is 1.68. The van der Waals surface area contributed by atoms with Crippen molar-refractivity contribution in [1.29, 1.82) is 0 Å². The van der Waals surface area contributed by atoms with Gasteiger partial charge in [0.15, 0.2) is 0 Å². The van der Waals surface area contributed by atoms with E-state index in [9.17, 15) is 4.79 Å². The summed E-state index contributed by atoms with van der Waals surface area (Å²) in [4.78, 5) is 11.3. The van der Waals surface area contributed by atoms with Gasteiger partial charge in [-0.15, -0.1) is 0 Å². The molecule has 12 heavy (non-hydrogen) atoms. The van der Waals surface area contributed by atoms with Crippen LogP contribution in [0.25, 0.3) is 0 Å². The van der Waals surface area contributed by atoms with E-state index in [-0.39, 0.29) is 5.56 Å². The topological polar surface area (TPSA) is 37.8 Å². The summed E-state index contributed by atoms with van der Waals surface area (Å²) in [5, 5.41) is 2.77. The molecule has 68 valence electrons. The predicted molar refractivity (Wildman–Crippen MR) is 49.5 cm³/mol. The first kappa shape index (κ1) is 9.10. The molecule has 0 spiro atoms. The lowest BCUT2D eigenvalue weighted by atomic mass is 10.0. The number of nitrogens with zero attached hydrogens (tertiary/aromatic N) is 1. The maximum atomic E-state index is 11.3. The number of H-pyrrole nitrogens is 1. The Hall–Kier alpha value is -0.990. The summed E-state index contributed by atoms with van der Waals surface area (Å²) >= 11 is 0. The van der Waals surface area contributed by atoms with Crippen molar-refractivity contribution in [1.82, 2.24) is 9.78 Å². The Labute approximate surface area is 72.4 Å². The van der Waals surface area contributed by atoms with E-state index < -0.39 is 0 Å². The van der Waals surface area contributed by atoms with Crippen LogP contribution in [0.1, 0.15) is 37.9 Å². The summed E-state index contributed by atoms with van der Waals surface area (Å²) in [5.74, 6) is 0.406. The maximum Gasteiger partial charge on any atom is 0.267 e. The molecule has 1 aromatic heterocycles. The van der Waals surface area contributed by atoms with Crippen LogP contribution in [0.5, 0.6) is 0 Å². The Kier molecular flexibility index (Phi) is 2.40. The molecular weight excluding hydrogens is 152 g/mol. The van der Waals surface area contributed by atoms with E-state index in [0.717, 1.165) is 17.7 Å². The van der Waals surface area contributed by atoms with Crippen LogP contribution < -0.4 is 5.56 Å². The zero-order chi connectivity index (χ0) is 9.30. The smallest absolute Gasteiger partial charge is 0.267 e. The van der Waals surface area contributed by atoms with Gasteiger partial charge in [0.2, 0.25) is 0 Å². The maximum absolute atomic E-state index is 11.3. The van der Waals surface area contributed by atoms with E-state index in [1.807, 2.05) is 18.7 Å². The Morgan fingerprint density at radius 2 is 2.08 bits per heavy atom. The molecule has 0 atom stereocenters.